The van der Waals surface area contributed by atoms with E-state index in [4.69, 9.17) is 4.74 Å². The molecule has 1 aromatic rings. The average Bonchev–Trinajstić information content (AvgIpc) is 3.04. The second-order valence-corrected chi connectivity index (χ2v) is 6.56. The Balaban J connectivity index is 2.05. The Labute approximate surface area is 146 Å². The van der Waals surface area contributed by atoms with Crippen molar-refractivity contribution in [1.29, 1.82) is 0 Å². The van der Waals surface area contributed by atoms with E-state index < -0.39 is 17.3 Å². The first-order valence-corrected chi connectivity index (χ1v) is 8.25. The van der Waals surface area contributed by atoms with Crippen LogP contribution in [0.4, 0.5) is 5.69 Å². The van der Waals surface area contributed by atoms with Crippen molar-refractivity contribution in [3.63, 3.8) is 0 Å². The molecule has 0 aromatic heterocycles. The molecule has 0 aliphatic carbocycles. The second kappa shape index (κ2) is 5.98. The van der Waals surface area contributed by atoms with Crippen LogP contribution in [0.3, 0.4) is 0 Å². The molecular weight excluding hydrogens is 322 g/mol. The standard InChI is InChI=1S/C18H21N3O4/c1-5-25-16(23)15-18(9-19-20-15)8-13(22)21(17(18)24)14-11(3)6-10(2)7-12(14)4/h6-7,19H,5,8-9H2,1-4H3. The molecule has 2 heterocycles. The predicted octanol–water partition coefficient (Wildman–Crippen LogP) is 1.38. The van der Waals surface area contributed by atoms with E-state index in [2.05, 4.69) is 10.5 Å². The molecule has 1 aromatic carbocycles. The number of rotatable bonds is 3. The maximum absolute atomic E-state index is 13.2. The average molecular weight is 343 g/mol. The van der Waals surface area contributed by atoms with E-state index in [0.29, 0.717) is 5.69 Å². The maximum atomic E-state index is 13.2. The first kappa shape index (κ1) is 17.1. The lowest BCUT2D eigenvalue weighted by Gasteiger charge is -2.24. The number of ether oxygens (including phenoxy) is 1. The number of amides is 2. The van der Waals surface area contributed by atoms with Gasteiger partial charge in [-0.25, -0.2) is 9.69 Å². The van der Waals surface area contributed by atoms with Gasteiger partial charge < -0.3 is 10.2 Å². The lowest BCUT2D eigenvalue weighted by atomic mass is 9.81. The molecule has 1 atom stereocenters. The van der Waals surface area contributed by atoms with Gasteiger partial charge in [0, 0.05) is 6.42 Å². The maximum Gasteiger partial charge on any atom is 0.355 e. The summed E-state index contributed by atoms with van der Waals surface area (Å²) in [5.41, 5.74) is 4.73. The van der Waals surface area contributed by atoms with Crippen molar-refractivity contribution in [2.24, 2.45) is 10.5 Å². The van der Waals surface area contributed by atoms with Crippen molar-refractivity contribution < 1.29 is 19.1 Å². The van der Waals surface area contributed by atoms with Crippen molar-refractivity contribution in [3.05, 3.63) is 28.8 Å². The van der Waals surface area contributed by atoms with Gasteiger partial charge in [0.15, 0.2) is 5.71 Å². The summed E-state index contributed by atoms with van der Waals surface area (Å²) in [5, 5.41) is 3.95. The molecule has 1 fully saturated rings. The summed E-state index contributed by atoms with van der Waals surface area (Å²) in [5.74, 6) is -1.42. The minimum Gasteiger partial charge on any atom is -0.461 e. The number of anilines is 1. The smallest absolute Gasteiger partial charge is 0.355 e. The van der Waals surface area contributed by atoms with Gasteiger partial charge in [-0.15, -0.1) is 0 Å². The van der Waals surface area contributed by atoms with Crippen LogP contribution >= 0.6 is 0 Å². The number of carbonyl (C=O) groups is 3. The second-order valence-electron chi connectivity index (χ2n) is 6.56. The van der Waals surface area contributed by atoms with Gasteiger partial charge in [0.05, 0.1) is 18.8 Å². The highest BCUT2D eigenvalue weighted by atomic mass is 16.5. The van der Waals surface area contributed by atoms with Crippen LogP contribution in [0.25, 0.3) is 0 Å². The zero-order valence-corrected chi connectivity index (χ0v) is 14.8. The normalized spacial score (nSPS) is 22.4. The summed E-state index contributed by atoms with van der Waals surface area (Å²) >= 11 is 0. The molecule has 2 aliphatic heterocycles. The fraction of sp³-hybridized carbons (Fsp3) is 0.444. The third-order valence-electron chi connectivity index (χ3n) is 4.67. The van der Waals surface area contributed by atoms with Gasteiger partial charge in [-0.1, -0.05) is 17.7 Å². The minimum atomic E-state index is -1.28. The van der Waals surface area contributed by atoms with Gasteiger partial charge >= 0.3 is 5.97 Å². The Morgan fingerprint density at radius 3 is 2.52 bits per heavy atom. The summed E-state index contributed by atoms with van der Waals surface area (Å²) in [6.07, 6.45) is -0.0940. The van der Waals surface area contributed by atoms with Gasteiger partial charge in [0.25, 0.3) is 0 Å². The molecule has 0 radical (unpaired) electrons. The molecule has 3 rings (SSSR count). The van der Waals surface area contributed by atoms with Crippen molar-refractivity contribution in [1.82, 2.24) is 5.43 Å². The number of hydrogen-bond donors (Lipinski definition) is 1. The highest BCUT2D eigenvalue weighted by Crippen LogP contribution is 2.41. The Morgan fingerprint density at radius 1 is 1.28 bits per heavy atom. The zero-order chi connectivity index (χ0) is 18.4. The van der Waals surface area contributed by atoms with E-state index in [1.165, 1.54) is 4.90 Å². The lowest BCUT2D eigenvalue weighted by molar-refractivity contribution is -0.136. The molecular formula is C18H21N3O4. The molecule has 0 bridgehead atoms. The van der Waals surface area contributed by atoms with E-state index in [-0.39, 0.29) is 31.2 Å². The van der Waals surface area contributed by atoms with Crippen LogP contribution in [0.15, 0.2) is 17.2 Å². The Morgan fingerprint density at radius 2 is 1.92 bits per heavy atom. The quantitative estimate of drug-likeness (QED) is 0.662. The molecule has 1 saturated heterocycles. The number of hydrogen-bond acceptors (Lipinski definition) is 6. The number of aryl methyl sites for hydroxylation is 3. The van der Waals surface area contributed by atoms with Crippen LogP contribution in [0, 0.1) is 26.2 Å². The number of nitrogens with zero attached hydrogens (tertiary/aromatic N) is 2. The fourth-order valence-corrected chi connectivity index (χ4v) is 3.70. The molecule has 1 N–H and O–H groups in total. The Bertz CT molecular complexity index is 792. The molecule has 132 valence electrons. The van der Waals surface area contributed by atoms with E-state index >= 15 is 0 Å². The van der Waals surface area contributed by atoms with E-state index in [9.17, 15) is 14.4 Å². The Hall–Kier alpha value is -2.70. The number of esters is 1. The topological polar surface area (TPSA) is 88.1 Å². The monoisotopic (exact) mass is 343 g/mol. The van der Waals surface area contributed by atoms with E-state index in [1.54, 1.807) is 6.92 Å². The largest absolute Gasteiger partial charge is 0.461 e. The first-order chi connectivity index (χ1) is 11.8. The molecule has 25 heavy (non-hydrogen) atoms. The van der Waals surface area contributed by atoms with Crippen LogP contribution in [0.2, 0.25) is 0 Å². The fourth-order valence-electron chi connectivity index (χ4n) is 3.70. The molecule has 2 amide bonds. The first-order valence-electron chi connectivity index (χ1n) is 8.25. The van der Waals surface area contributed by atoms with Gasteiger partial charge in [-0.3, -0.25) is 9.59 Å². The van der Waals surface area contributed by atoms with Gasteiger partial charge in [-0.2, -0.15) is 5.10 Å². The van der Waals surface area contributed by atoms with Crippen LogP contribution in [0.1, 0.15) is 30.0 Å². The number of hydrazone groups is 1. The van der Waals surface area contributed by atoms with Crippen molar-refractivity contribution in [3.8, 4) is 0 Å². The minimum absolute atomic E-state index is 0.0161. The van der Waals surface area contributed by atoms with E-state index in [0.717, 1.165) is 16.7 Å². The van der Waals surface area contributed by atoms with Crippen molar-refractivity contribution in [2.45, 2.75) is 34.1 Å². The highest BCUT2D eigenvalue weighted by Gasteiger charge is 2.60. The highest BCUT2D eigenvalue weighted by molar-refractivity contribution is 6.47. The molecule has 0 saturated carbocycles. The van der Waals surface area contributed by atoms with Crippen LogP contribution in [-0.2, 0) is 19.1 Å². The third kappa shape index (κ3) is 2.50. The summed E-state index contributed by atoms with van der Waals surface area (Å²) in [4.78, 5) is 39.4. The molecule has 7 nitrogen and oxygen atoms in total. The number of imide groups is 1. The summed E-state index contributed by atoms with van der Waals surface area (Å²) < 4.78 is 5.01. The van der Waals surface area contributed by atoms with Crippen molar-refractivity contribution >= 4 is 29.2 Å². The van der Waals surface area contributed by atoms with Gasteiger partial charge in [-0.05, 0) is 38.8 Å². The summed E-state index contributed by atoms with van der Waals surface area (Å²) in [6.45, 7) is 7.68. The number of carbonyl (C=O) groups excluding carboxylic acids is 3. The van der Waals surface area contributed by atoms with Crippen LogP contribution < -0.4 is 10.3 Å². The van der Waals surface area contributed by atoms with Gasteiger partial charge in [0.1, 0.15) is 5.41 Å². The summed E-state index contributed by atoms with van der Waals surface area (Å²) in [7, 11) is 0. The van der Waals surface area contributed by atoms with Crippen molar-refractivity contribution in [2.75, 3.05) is 18.1 Å². The third-order valence-corrected chi connectivity index (χ3v) is 4.67. The predicted molar refractivity (Wildman–Crippen MR) is 92.3 cm³/mol. The molecule has 7 heteroatoms. The Kier molecular flexibility index (Phi) is 4.10. The van der Waals surface area contributed by atoms with Gasteiger partial charge in [0.2, 0.25) is 11.8 Å². The zero-order valence-electron chi connectivity index (χ0n) is 14.8. The van der Waals surface area contributed by atoms with Crippen LogP contribution in [0.5, 0.6) is 0 Å². The number of benzene rings is 1. The van der Waals surface area contributed by atoms with Crippen LogP contribution in [-0.4, -0.2) is 36.6 Å². The molecule has 2 aliphatic rings. The number of nitrogens with one attached hydrogen (secondary N) is 1. The molecule has 1 spiro atoms. The lowest BCUT2D eigenvalue weighted by Crippen LogP contribution is -2.45. The molecule has 1 unspecified atom stereocenters. The van der Waals surface area contributed by atoms with E-state index in [1.807, 2.05) is 32.9 Å². The SMILES string of the molecule is CCOC(=O)C1=NNCC12CC(=O)N(c1c(C)cc(C)cc1C)C2=O. The summed E-state index contributed by atoms with van der Waals surface area (Å²) in [6, 6.07) is 3.86.